The molecular weight excluding hydrogens is 232 g/mol. The van der Waals surface area contributed by atoms with Gasteiger partial charge in [-0.25, -0.2) is 4.98 Å². The van der Waals surface area contributed by atoms with Crippen LogP contribution in [0.5, 0.6) is 0 Å². The highest BCUT2D eigenvalue weighted by Crippen LogP contribution is 2.14. The molecule has 1 fully saturated rings. The van der Waals surface area contributed by atoms with Crippen LogP contribution in [0.4, 0.5) is 0 Å². The molecule has 0 saturated carbocycles. The molecule has 17 heavy (non-hydrogen) atoms. The van der Waals surface area contributed by atoms with Crippen LogP contribution in [0.15, 0.2) is 35.6 Å². The van der Waals surface area contributed by atoms with Crippen LogP contribution in [0.3, 0.4) is 0 Å². The van der Waals surface area contributed by atoms with E-state index in [1.54, 1.807) is 11.8 Å². The lowest BCUT2D eigenvalue weighted by Crippen LogP contribution is -2.23. The summed E-state index contributed by atoms with van der Waals surface area (Å²) in [6.07, 6.45) is 4.03. The molecular formula is C12H14N4S. The first-order chi connectivity index (χ1) is 8.31. The topological polar surface area (TPSA) is 41.7 Å². The summed E-state index contributed by atoms with van der Waals surface area (Å²) in [6.45, 7) is 2.81. The van der Waals surface area contributed by atoms with Crippen molar-refractivity contribution in [1.82, 2.24) is 14.7 Å². The molecule has 0 aliphatic carbocycles. The largest absolute Gasteiger partial charge is 0.362 e. The van der Waals surface area contributed by atoms with Crippen molar-refractivity contribution in [3.63, 3.8) is 0 Å². The van der Waals surface area contributed by atoms with E-state index >= 15 is 0 Å². The highest BCUT2D eigenvalue weighted by atomic mass is 32.2. The maximum atomic E-state index is 4.53. The predicted octanol–water partition coefficient (Wildman–Crippen LogP) is 1.92. The molecule has 1 aliphatic rings. The van der Waals surface area contributed by atoms with Crippen LogP contribution >= 0.6 is 11.8 Å². The SMILES string of the molecule is CC1CSC(=NCc2cn3ccccc3n2)N1. The van der Waals surface area contributed by atoms with Gasteiger partial charge in [0, 0.05) is 24.2 Å². The van der Waals surface area contributed by atoms with E-state index in [9.17, 15) is 0 Å². The Balaban J connectivity index is 1.77. The molecule has 1 atom stereocenters. The maximum absolute atomic E-state index is 4.53. The summed E-state index contributed by atoms with van der Waals surface area (Å²) in [6, 6.07) is 6.52. The van der Waals surface area contributed by atoms with Gasteiger partial charge in [-0.1, -0.05) is 17.8 Å². The molecule has 88 valence electrons. The third-order valence-electron chi connectivity index (χ3n) is 2.64. The second-order valence-corrected chi connectivity index (χ2v) is 5.18. The fraction of sp³-hybridized carbons (Fsp3) is 0.333. The van der Waals surface area contributed by atoms with Gasteiger partial charge in [0.25, 0.3) is 0 Å². The molecule has 3 rings (SSSR count). The molecule has 2 aromatic heterocycles. The molecule has 5 heteroatoms. The Morgan fingerprint density at radius 1 is 1.59 bits per heavy atom. The lowest BCUT2D eigenvalue weighted by Gasteiger charge is -1.99. The number of hydrogen-bond donors (Lipinski definition) is 1. The van der Waals surface area contributed by atoms with Crippen molar-refractivity contribution in [3.05, 3.63) is 36.3 Å². The third kappa shape index (κ3) is 2.29. The van der Waals surface area contributed by atoms with Crippen LogP contribution < -0.4 is 5.32 Å². The Labute approximate surface area is 104 Å². The molecule has 1 unspecified atom stereocenters. The van der Waals surface area contributed by atoms with Gasteiger partial charge in [-0.15, -0.1) is 0 Å². The van der Waals surface area contributed by atoms with Crippen molar-refractivity contribution in [2.75, 3.05) is 5.75 Å². The minimum atomic E-state index is 0.528. The molecule has 1 N–H and O–H groups in total. The first kappa shape index (κ1) is 10.7. The molecule has 0 aromatic carbocycles. The zero-order chi connectivity index (χ0) is 11.7. The zero-order valence-corrected chi connectivity index (χ0v) is 10.4. The Kier molecular flexibility index (Phi) is 2.76. The summed E-state index contributed by atoms with van der Waals surface area (Å²) in [4.78, 5) is 9.04. The van der Waals surface area contributed by atoms with Gasteiger partial charge in [0.05, 0.1) is 12.2 Å². The molecule has 0 spiro atoms. The maximum Gasteiger partial charge on any atom is 0.157 e. The summed E-state index contributed by atoms with van der Waals surface area (Å²) in [7, 11) is 0. The Morgan fingerprint density at radius 3 is 3.29 bits per heavy atom. The van der Waals surface area contributed by atoms with Crippen LogP contribution in [0.2, 0.25) is 0 Å². The van der Waals surface area contributed by atoms with Gasteiger partial charge >= 0.3 is 0 Å². The highest BCUT2D eigenvalue weighted by molar-refractivity contribution is 8.14. The zero-order valence-electron chi connectivity index (χ0n) is 9.63. The highest BCUT2D eigenvalue weighted by Gasteiger charge is 2.15. The van der Waals surface area contributed by atoms with Crippen LogP contribution in [0.25, 0.3) is 5.65 Å². The lowest BCUT2D eigenvalue weighted by atomic mass is 10.4. The number of rotatable bonds is 2. The van der Waals surface area contributed by atoms with E-state index in [2.05, 4.69) is 22.2 Å². The summed E-state index contributed by atoms with van der Waals surface area (Å²) >= 11 is 1.78. The van der Waals surface area contributed by atoms with E-state index in [0.717, 1.165) is 22.3 Å². The molecule has 0 bridgehead atoms. The van der Waals surface area contributed by atoms with Gasteiger partial charge in [0.15, 0.2) is 5.17 Å². The molecule has 4 nitrogen and oxygen atoms in total. The Bertz CT molecular complexity index is 527. The first-order valence-corrected chi connectivity index (χ1v) is 6.66. The van der Waals surface area contributed by atoms with Crippen molar-refractivity contribution in [3.8, 4) is 0 Å². The number of hydrogen-bond acceptors (Lipinski definition) is 3. The van der Waals surface area contributed by atoms with Crippen LogP contribution in [-0.4, -0.2) is 26.3 Å². The number of pyridine rings is 1. The fourth-order valence-corrected chi connectivity index (χ4v) is 2.74. The molecule has 3 heterocycles. The van der Waals surface area contributed by atoms with Crippen molar-refractivity contribution in [2.45, 2.75) is 19.5 Å². The number of amidine groups is 1. The average Bonchev–Trinajstić information content (AvgIpc) is 2.91. The molecule has 1 saturated heterocycles. The summed E-state index contributed by atoms with van der Waals surface area (Å²) in [5, 5.41) is 4.37. The Morgan fingerprint density at radius 2 is 2.53 bits per heavy atom. The number of imidazole rings is 1. The number of aromatic nitrogens is 2. The van der Waals surface area contributed by atoms with Gasteiger partial charge in [-0.2, -0.15) is 0 Å². The van der Waals surface area contributed by atoms with Gasteiger partial charge in [0.1, 0.15) is 5.65 Å². The third-order valence-corrected chi connectivity index (χ3v) is 3.83. The summed E-state index contributed by atoms with van der Waals surface area (Å²) in [5.41, 5.74) is 1.98. The van der Waals surface area contributed by atoms with Gasteiger partial charge < -0.3 is 9.72 Å². The normalized spacial score (nSPS) is 22.2. The number of nitrogens with one attached hydrogen (secondary N) is 1. The quantitative estimate of drug-likeness (QED) is 0.880. The minimum absolute atomic E-state index is 0.528. The molecule has 1 aliphatic heterocycles. The Hall–Kier alpha value is -1.49. The number of thioether (sulfide) groups is 1. The second-order valence-electron chi connectivity index (χ2n) is 4.18. The van der Waals surface area contributed by atoms with Crippen molar-refractivity contribution >= 4 is 22.6 Å². The van der Waals surface area contributed by atoms with Gasteiger partial charge in [-0.3, -0.25) is 4.99 Å². The second kappa shape index (κ2) is 4.41. The fourth-order valence-electron chi connectivity index (χ4n) is 1.81. The van der Waals surface area contributed by atoms with E-state index in [0.29, 0.717) is 12.6 Å². The first-order valence-electron chi connectivity index (χ1n) is 5.68. The molecule has 0 radical (unpaired) electrons. The van der Waals surface area contributed by atoms with E-state index < -0.39 is 0 Å². The van der Waals surface area contributed by atoms with E-state index in [4.69, 9.17) is 0 Å². The summed E-state index contributed by atoms with van der Waals surface area (Å²) < 4.78 is 2.02. The lowest BCUT2D eigenvalue weighted by molar-refractivity contribution is 0.764. The predicted molar refractivity (Wildman–Crippen MR) is 71.4 cm³/mol. The average molecular weight is 246 g/mol. The van der Waals surface area contributed by atoms with Crippen molar-refractivity contribution < 1.29 is 0 Å². The van der Waals surface area contributed by atoms with Crippen LogP contribution in [0, 0.1) is 0 Å². The smallest absolute Gasteiger partial charge is 0.157 e. The van der Waals surface area contributed by atoms with Crippen LogP contribution in [0.1, 0.15) is 12.6 Å². The van der Waals surface area contributed by atoms with Gasteiger partial charge in [0.2, 0.25) is 0 Å². The number of fused-ring (bicyclic) bond motifs is 1. The standard InChI is InChI=1S/C12H14N4S/c1-9-8-17-12(14-9)13-6-10-7-16-5-3-2-4-11(16)15-10/h2-5,7,9H,6,8H2,1H3,(H,13,14). The molecule has 0 amide bonds. The van der Waals surface area contributed by atoms with Crippen LogP contribution in [-0.2, 0) is 6.54 Å². The van der Waals surface area contributed by atoms with Crippen molar-refractivity contribution in [2.24, 2.45) is 4.99 Å². The summed E-state index contributed by atoms with van der Waals surface area (Å²) in [5.74, 6) is 1.10. The number of aliphatic imine (C=N–C) groups is 1. The van der Waals surface area contributed by atoms with E-state index in [-0.39, 0.29) is 0 Å². The van der Waals surface area contributed by atoms with Gasteiger partial charge in [-0.05, 0) is 19.1 Å². The molecule has 2 aromatic rings. The monoisotopic (exact) mass is 246 g/mol. The minimum Gasteiger partial charge on any atom is -0.362 e. The van der Waals surface area contributed by atoms with E-state index in [1.165, 1.54) is 0 Å². The van der Waals surface area contributed by atoms with Crippen molar-refractivity contribution in [1.29, 1.82) is 0 Å². The number of nitrogens with zero attached hydrogens (tertiary/aromatic N) is 3. The van der Waals surface area contributed by atoms with E-state index in [1.807, 2.05) is 35.0 Å².